The van der Waals surface area contributed by atoms with Gasteiger partial charge in [0.25, 0.3) is 0 Å². The van der Waals surface area contributed by atoms with Gasteiger partial charge in [0, 0.05) is 12.7 Å². The zero-order valence-electron chi connectivity index (χ0n) is 11.1. The predicted molar refractivity (Wildman–Crippen MR) is 72.8 cm³/mol. The summed E-state index contributed by atoms with van der Waals surface area (Å²) in [6.07, 6.45) is 4.49. The maximum atomic E-state index is 12.1. The van der Waals surface area contributed by atoms with Crippen LogP contribution < -0.4 is 5.32 Å². The number of esters is 1. The Morgan fingerprint density at radius 2 is 2.11 bits per heavy atom. The van der Waals surface area contributed by atoms with E-state index in [4.69, 9.17) is 4.74 Å². The maximum absolute atomic E-state index is 12.1. The molecule has 0 aliphatic heterocycles. The van der Waals surface area contributed by atoms with Crippen LogP contribution in [0, 0.1) is 5.92 Å². The van der Waals surface area contributed by atoms with Gasteiger partial charge in [-0.15, -0.1) is 0 Å². The van der Waals surface area contributed by atoms with E-state index in [1.807, 2.05) is 25.2 Å². The first-order chi connectivity index (χ1) is 8.70. The van der Waals surface area contributed by atoms with Gasteiger partial charge in [0.2, 0.25) is 0 Å². The van der Waals surface area contributed by atoms with Crippen LogP contribution in [-0.2, 0) is 4.74 Å². The van der Waals surface area contributed by atoms with Crippen LogP contribution in [0.25, 0.3) is 0 Å². The monoisotopic (exact) mass is 247 g/mol. The van der Waals surface area contributed by atoms with Crippen molar-refractivity contribution >= 4 is 11.7 Å². The Morgan fingerprint density at radius 1 is 1.33 bits per heavy atom. The average molecular weight is 247 g/mol. The van der Waals surface area contributed by atoms with Crippen LogP contribution in [0.4, 0.5) is 5.69 Å². The Balaban J connectivity index is 2.03. The van der Waals surface area contributed by atoms with E-state index in [0.717, 1.165) is 24.9 Å². The molecule has 0 radical (unpaired) electrons. The third-order valence-corrected chi connectivity index (χ3v) is 3.58. The van der Waals surface area contributed by atoms with Gasteiger partial charge in [-0.1, -0.05) is 25.5 Å². The Kier molecular flexibility index (Phi) is 4.24. The summed E-state index contributed by atoms with van der Waals surface area (Å²) >= 11 is 0. The molecule has 2 unspecified atom stereocenters. The van der Waals surface area contributed by atoms with Gasteiger partial charge in [-0.25, -0.2) is 4.79 Å². The molecule has 0 saturated heterocycles. The molecule has 1 aromatic rings. The smallest absolute Gasteiger partial charge is 0.340 e. The Bertz CT molecular complexity index is 417. The van der Waals surface area contributed by atoms with E-state index >= 15 is 0 Å². The minimum absolute atomic E-state index is 0.0890. The van der Waals surface area contributed by atoms with Crippen LogP contribution in [0.15, 0.2) is 24.3 Å². The molecular weight excluding hydrogens is 226 g/mol. The molecule has 2 rings (SSSR count). The third-order valence-electron chi connectivity index (χ3n) is 3.58. The van der Waals surface area contributed by atoms with Gasteiger partial charge >= 0.3 is 5.97 Å². The molecule has 1 aliphatic rings. The number of para-hydroxylation sites is 1. The van der Waals surface area contributed by atoms with Gasteiger partial charge in [0.1, 0.15) is 6.10 Å². The number of ether oxygens (including phenoxy) is 1. The van der Waals surface area contributed by atoms with E-state index in [-0.39, 0.29) is 12.1 Å². The van der Waals surface area contributed by atoms with E-state index < -0.39 is 0 Å². The Hall–Kier alpha value is -1.51. The van der Waals surface area contributed by atoms with Crippen molar-refractivity contribution in [2.24, 2.45) is 5.92 Å². The highest BCUT2D eigenvalue weighted by molar-refractivity contribution is 5.95. The van der Waals surface area contributed by atoms with Crippen LogP contribution in [0.1, 0.15) is 43.0 Å². The SMILES string of the molecule is CNc1ccccc1C(=O)OC1CCCC(C)C1. The number of nitrogens with one attached hydrogen (secondary N) is 1. The number of rotatable bonds is 3. The van der Waals surface area contributed by atoms with Crippen molar-refractivity contribution in [3.05, 3.63) is 29.8 Å². The first-order valence-corrected chi connectivity index (χ1v) is 6.68. The molecule has 3 heteroatoms. The minimum Gasteiger partial charge on any atom is -0.459 e. The summed E-state index contributed by atoms with van der Waals surface area (Å²) in [5.41, 5.74) is 1.45. The van der Waals surface area contributed by atoms with Crippen molar-refractivity contribution in [2.45, 2.75) is 38.7 Å². The predicted octanol–water partition coefficient (Wildman–Crippen LogP) is 3.46. The molecule has 1 aliphatic carbocycles. The fourth-order valence-electron chi connectivity index (χ4n) is 2.58. The normalized spacial score (nSPS) is 23.4. The molecule has 3 nitrogen and oxygen atoms in total. The molecule has 0 amide bonds. The highest BCUT2D eigenvalue weighted by Gasteiger charge is 2.23. The Morgan fingerprint density at radius 3 is 2.83 bits per heavy atom. The lowest BCUT2D eigenvalue weighted by molar-refractivity contribution is 0.0156. The number of anilines is 1. The lowest BCUT2D eigenvalue weighted by Crippen LogP contribution is -2.24. The van der Waals surface area contributed by atoms with E-state index in [1.165, 1.54) is 6.42 Å². The molecule has 0 heterocycles. The topological polar surface area (TPSA) is 38.3 Å². The van der Waals surface area contributed by atoms with E-state index in [0.29, 0.717) is 11.5 Å². The summed E-state index contributed by atoms with van der Waals surface area (Å²) in [6.45, 7) is 2.22. The number of benzene rings is 1. The highest BCUT2D eigenvalue weighted by atomic mass is 16.5. The lowest BCUT2D eigenvalue weighted by atomic mass is 9.89. The van der Waals surface area contributed by atoms with Crippen LogP contribution in [-0.4, -0.2) is 19.1 Å². The summed E-state index contributed by atoms with van der Waals surface area (Å²) in [5.74, 6) is 0.454. The van der Waals surface area contributed by atoms with Gasteiger partial charge in [0.05, 0.1) is 5.56 Å². The zero-order chi connectivity index (χ0) is 13.0. The van der Waals surface area contributed by atoms with Gasteiger partial charge in [-0.2, -0.15) is 0 Å². The van der Waals surface area contributed by atoms with Crippen molar-refractivity contribution in [3.63, 3.8) is 0 Å². The lowest BCUT2D eigenvalue weighted by Gasteiger charge is -2.26. The molecule has 98 valence electrons. The third kappa shape index (κ3) is 3.03. The van der Waals surface area contributed by atoms with E-state index in [2.05, 4.69) is 12.2 Å². The fraction of sp³-hybridized carbons (Fsp3) is 0.533. The summed E-state index contributed by atoms with van der Waals surface area (Å²) in [4.78, 5) is 12.1. The zero-order valence-corrected chi connectivity index (χ0v) is 11.1. The summed E-state index contributed by atoms with van der Waals surface area (Å²) in [5, 5.41) is 3.02. The molecule has 1 aromatic carbocycles. The minimum atomic E-state index is -0.209. The number of carbonyl (C=O) groups is 1. The first kappa shape index (κ1) is 12.9. The molecule has 0 aromatic heterocycles. The number of hydrogen-bond acceptors (Lipinski definition) is 3. The van der Waals surface area contributed by atoms with Crippen LogP contribution in [0.5, 0.6) is 0 Å². The van der Waals surface area contributed by atoms with Crippen molar-refractivity contribution in [1.82, 2.24) is 0 Å². The maximum Gasteiger partial charge on any atom is 0.340 e. The van der Waals surface area contributed by atoms with Gasteiger partial charge in [0.15, 0.2) is 0 Å². The molecule has 0 spiro atoms. The molecule has 1 fully saturated rings. The van der Waals surface area contributed by atoms with E-state index in [9.17, 15) is 4.79 Å². The standard InChI is InChI=1S/C15H21NO2/c1-11-6-5-7-12(10-11)18-15(17)13-8-3-4-9-14(13)16-2/h3-4,8-9,11-12,16H,5-7,10H2,1-2H3. The molecule has 1 N–H and O–H groups in total. The van der Waals surface area contributed by atoms with Gasteiger partial charge in [-0.3, -0.25) is 0 Å². The summed E-state index contributed by atoms with van der Waals surface area (Å²) in [6, 6.07) is 7.47. The summed E-state index contributed by atoms with van der Waals surface area (Å²) < 4.78 is 5.61. The van der Waals surface area contributed by atoms with Crippen LogP contribution in [0.2, 0.25) is 0 Å². The fourth-order valence-corrected chi connectivity index (χ4v) is 2.58. The number of carbonyl (C=O) groups excluding carboxylic acids is 1. The van der Waals surface area contributed by atoms with Crippen molar-refractivity contribution in [1.29, 1.82) is 0 Å². The largest absolute Gasteiger partial charge is 0.459 e. The summed E-state index contributed by atoms with van der Waals surface area (Å²) in [7, 11) is 1.81. The van der Waals surface area contributed by atoms with Crippen molar-refractivity contribution < 1.29 is 9.53 Å². The average Bonchev–Trinajstić information content (AvgIpc) is 2.38. The van der Waals surface area contributed by atoms with Gasteiger partial charge in [-0.05, 0) is 37.3 Å². The van der Waals surface area contributed by atoms with Crippen molar-refractivity contribution in [2.75, 3.05) is 12.4 Å². The molecule has 2 atom stereocenters. The highest BCUT2D eigenvalue weighted by Crippen LogP contribution is 2.27. The van der Waals surface area contributed by atoms with Crippen LogP contribution in [0.3, 0.4) is 0 Å². The molecule has 0 bridgehead atoms. The van der Waals surface area contributed by atoms with Gasteiger partial charge < -0.3 is 10.1 Å². The number of hydrogen-bond donors (Lipinski definition) is 1. The second-order valence-electron chi connectivity index (χ2n) is 5.09. The quantitative estimate of drug-likeness (QED) is 0.831. The molecular formula is C15H21NO2. The molecule has 18 heavy (non-hydrogen) atoms. The second kappa shape index (κ2) is 5.89. The first-order valence-electron chi connectivity index (χ1n) is 6.68. The van der Waals surface area contributed by atoms with E-state index in [1.54, 1.807) is 6.07 Å². The van der Waals surface area contributed by atoms with Crippen LogP contribution >= 0.6 is 0 Å². The second-order valence-corrected chi connectivity index (χ2v) is 5.09. The molecule has 1 saturated carbocycles. The van der Waals surface area contributed by atoms with Crippen molar-refractivity contribution in [3.8, 4) is 0 Å². The Labute approximate surface area is 109 Å².